The molecule has 2 aliphatic heterocycles. The van der Waals surface area contributed by atoms with Gasteiger partial charge in [0.25, 0.3) is 0 Å². The standard InChI is InChI=1S/C22H14F6S2/c1-4-12-9-13-16-17(21(25,26)22(27,28)20(16,23)24)14-10-15(11-7-5-6-8-11)30-19(14,3)18(13,2)29-12/h1,5-11H,2-3H3. The van der Waals surface area contributed by atoms with Crippen LogP contribution in [0.4, 0.5) is 26.3 Å². The molecule has 0 aromatic heterocycles. The second kappa shape index (κ2) is 5.55. The van der Waals surface area contributed by atoms with E-state index in [-0.39, 0.29) is 22.0 Å². The Hall–Kier alpha value is -1.72. The van der Waals surface area contributed by atoms with Crippen LogP contribution in [0.15, 0.2) is 68.6 Å². The van der Waals surface area contributed by atoms with Crippen molar-refractivity contribution in [2.75, 3.05) is 0 Å². The summed E-state index contributed by atoms with van der Waals surface area (Å²) >= 11 is 2.34. The van der Waals surface area contributed by atoms with Gasteiger partial charge in [0, 0.05) is 17.1 Å². The zero-order valence-electron chi connectivity index (χ0n) is 15.7. The lowest BCUT2D eigenvalue weighted by atomic mass is 9.71. The summed E-state index contributed by atoms with van der Waals surface area (Å²) < 4.78 is 86.3. The highest BCUT2D eigenvalue weighted by atomic mass is 32.2. The van der Waals surface area contributed by atoms with Crippen molar-refractivity contribution in [2.45, 2.75) is 41.1 Å². The van der Waals surface area contributed by atoms with Crippen molar-refractivity contribution < 1.29 is 26.3 Å². The molecule has 0 amide bonds. The third kappa shape index (κ3) is 1.97. The van der Waals surface area contributed by atoms with Crippen LogP contribution in [0.2, 0.25) is 0 Å². The molecule has 5 aliphatic rings. The first kappa shape index (κ1) is 20.2. The van der Waals surface area contributed by atoms with E-state index in [1.54, 1.807) is 26.0 Å². The van der Waals surface area contributed by atoms with E-state index in [0.717, 1.165) is 11.8 Å². The molecule has 0 spiro atoms. The molecule has 0 saturated heterocycles. The number of alkyl halides is 6. The van der Waals surface area contributed by atoms with Crippen molar-refractivity contribution in [3.05, 3.63) is 68.6 Å². The third-order valence-corrected chi connectivity index (χ3v) is 9.84. The molecule has 1 fully saturated rings. The van der Waals surface area contributed by atoms with Gasteiger partial charge in [0.05, 0.1) is 14.4 Å². The maximum absolute atomic E-state index is 15.0. The molecular formula is C22H14F6S2. The first-order chi connectivity index (χ1) is 13.8. The minimum absolute atomic E-state index is 0.168. The van der Waals surface area contributed by atoms with Crippen LogP contribution in [0, 0.1) is 18.3 Å². The molecule has 2 unspecified atom stereocenters. The fourth-order valence-electron chi connectivity index (χ4n) is 4.79. The van der Waals surface area contributed by atoms with Gasteiger partial charge in [0.15, 0.2) is 0 Å². The number of allylic oxidation sites excluding steroid dienone is 10. The first-order valence-electron chi connectivity index (χ1n) is 9.10. The van der Waals surface area contributed by atoms with E-state index < -0.39 is 38.4 Å². The van der Waals surface area contributed by atoms with Gasteiger partial charge in [-0.3, -0.25) is 0 Å². The van der Waals surface area contributed by atoms with Gasteiger partial charge in [-0.25, -0.2) is 0 Å². The van der Waals surface area contributed by atoms with Crippen LogP contribution < -0.4 is 0 Å². The highest BCUT2D eigenvalue weighted by Crippen LogP contribution is 2.74. The monoisotopic (exact) mass is 456 g/mol. The van der Waals surface area contributed by atoms with Gasteiger partial charge in [-0.15, -0.1) is 29.9 Å². The first-order valence-corrected chi connectivity index (χ1v) is 10.7. The van der Waals surface area contributed by atoms with Gasteiger partial charge in [-0.2, -0.15) is 26.3 Å². The molecule has 1 saturated carbocycles. The lowest BCUT2D eigenvalue weighted by molar-refractivity contribution is -0.258. The van der Waals surface area contributed by atoms with Crippen LogP contribution in [-0.4, -0.2) is 27.3 Å². The van der Waals surface area contributed by atoms with Crippen molar-refractivity contribution in [1.82, 2.24) is 0 Å². The Kier molecular flexibility index (Phi) is 3.73. The van der Waals surface area contributed by atoms with Crippen LogP contribution in [0.5, 0.6) is 0 Å². The van der Waals surface area contributed by atoms with E-state index in [0.29, 0.717) is 4.91 Å². The second-order valence-electron chi connectivity index (χ2n) is 8.07. The molecule has 2 atom stereocenters. The largest absolute Gasteiger partial charge is 0.380 e. The van der Waals surface area contributed by atoms with Gasteiger partial charge in [0.2, 0.25) is 0 Å². The molecule has 0 N–H and O–H groups in total. The Balaban J connectivity index is 1.88. The summed E-state index contributed by atoms with van der Waals surface area (Å²) in [5.74, 6) is -13.4. The molecule has 0 aromatic carbocycles. The normalized spacial score (nSPS) is 37.2. The van der Waals surface area contributed by atoms with Crippen molar-refractivity contribution in [2.24, 2.45) is 5.92 Å². The summed E-state index contributed by atoms with van der Waals surface area (Å²) in [5, 5.41) is 0. The quantitative estimate of drug-likeness (QED) is 0.319. The Morgan fingerprint density at radius 3 is 1.87 bits per heavy atom. The minimum Gasteiger partial charge on any atom is -0.194 e. The van der Waals surface area contributed by atoms with Crippen LogP contribution in [-0.2, 0) is 0 Å². The summed E-state index contributed by atoms with van der Waals surface area (Å²) in [6.07, 6.45) is 15.3. The Labute approximate surface area is 177 Å². The average molecular weight is 456 g/mol. The van der Waals surface area contributed by atoms with Crippen molar-refractivity contribution >= 4 is 23.5 Å². The van der Waals surface area contributed by atoms with E-state index in [4.69, 9.17) is 6.42 Å². The average Bonchev–Trinajstić information content (AvgIpc) is 3.38. The van der Waals surface area contributed by atoms with Crippen molar-refractivity contribution in [1.29, 1.82) is 0 Å². The fraction of sp³-hybridized carbons (Fsp3) is 0.364. The van der Waals surface area contributed by atoms with E-state index in [2.05, 4.69) is 5.92 Å². The molecule has 156 valence electrons. The molecule has 0 aromatic rings. The number of terminal acetylenes is 1. The van der Waals surface area contributed by atoms with Gasteiger partial charge < -0.3 is 0 Å². The van der Waals surface area contributed by atoms with Gasteiger partial charge >= 0.3 is 17.8 Å². The molecule has 0 radical (unpaired) electrons. The zero-order chi connectivity index (χ0) is 21.9. The zero-order valence-corrected chi connectivity index (χ0v) is 17.3. The molecule has 5 rings (SSSR count). The van der Waals surface area contributed by atoms with Crippen LogP contribution in [0.3, 0.4) is 0 Å². The molecule has 3 aliphatic carbocycles. The second-order valence-corrected chi connectivity index (χ2v) is 11.0. The summed E-state index contributed by atoms with van der Waals surface area (Å²) in [4.78, 5) is 0.904. The van der Waals surface area contributed by atoms with E-state index in [1.165, 1.54) is 23.9 Å². The predicted octanol–water partition coefficient (Wildman–Crippen LogP) is 6.67. The molecule has 30 heavy (non-hydrogen) atoms. The Morgan fingerprint density at radius 1 is 0.833 bits per heavy atom. The van der Waals surface area contributed by atoms with Gasteiger partial charge in [0.1, 0.15) is 0 Å². The number of hydrogen-bond donors (Lipinski definition) is 0. The highest BCUT2D eigenvalue weighted by molar-refractivity contribution is 8.09. The van der Waals surface area contributed by atoms with Gasteiger partial charge in [-0.1, -0.05) is 30.2 Å². The number of hydrogen-bond acceptors (Lipinski definition) is 2. The molecule has 2 heterocycles. The molecule has 0 bridgehead atoms. The Morgan fingerprint density at radius 2 is 1.33 bits per heavy atom. The molecular weight excluding hydrogens is 442 g/mol. The minimum atomic E-state index is -5.54. The number of rotatable bonds is 1. The predicted molar refractivity (Wildman–Crippen MR) is 108 cm³/mol. The maximum atomic E-state index is 15.0. The number of halogens is 6. The number of fused-ring (bicyclic) bond motifs is 4. The van der Waals surface area contributed by atoms with Crippen LogP contribution >= 0.6 is 23.5 Å². The lowest BCUT2D eigenvalue weighted by Crippen LogP contribution is -2.49. The summed E-state index contributed by atoms with van der Waals surface area (Å²) in [7, 11) is 0. The Bertz CT molecular complexity index is 1110. The fourth-order valence-corrected chi connectivity index (χ4v) is 7.81. The summed E-state index contributed by atoms with van der Waals surface area (Å²) in [6, 6.07) is 0. The lowest BCUT2D eigenvalue weighted by Gasteiger charge is -2.47. The van der Waals surface area contributed by atoms with Crippen molar-refractivity contribution in [3.63, 3.8) is 0 Å². The maximum Gasteiger partial charge on any atom is 0.380 e. The van der Waals surface area contributed by atoms with Crippen LogP contribution in [0.25, 0.3) is 0 Å². The van der Waals surface area contributed by atoms with E-state index >= 15 is 0 Å². The molecule has 8 heteroatoms. The van der Waals surface area contributed by atoms with Crippen molar-refractivity contribution in [3.8, 4) is 12.3 Å². The smallest absolute Gasteiger partial charge is 0.194 e. The topological polar surface area (TPSA) is 0 Å². The SMILES string of the molecule is C#CC1=CC2=C3C(=C4C=C(C5C=CC=C5)SC4(C)C2(C)S1)C(F)(F)C(F)(F)C3(F)F. The summed E-state index contributed by atoms with van der Waals surface area (Å²) in [5.41, 5.74) is -2.93. The van der Waals surface area contributed by atoms with E-state index in [9.17, 15) is 26.3 Å². The third-order valence-electron chi connectivity index (χ3n) is 6.56. The number of thioether (sulfide) groups is 2. The summed E-state index contributed by atoms with van der Waals surface area (Å²) in [6.45, 7) is 3.26. The highest BCUT2D eigenvalue weighted by Gasteiger charge is 2.84. The van der Waals surface area contributed by atoms with E-state index in [1.807, 2.05) is 12.2 Å². The van der Waals surface area contributed by atoms with Crippen LogP contribution in [0.1, 0.15) is 13.8 Å². The van der Waals surface area contributed by atoms with Gasteiger partial charge in [-0.05, 0) is 42.1 Å². The molecule has 0 nitrogen and oxygen atoms in total.